The van der Waals surface area contributed by atoms with Gasteiger partial charge in [0.2, 0.25) is 0 Å². The lowest BCUT2D eigenvalue weighted by molar-refractivity contribution is 0.0335. The number of anilines is 1. The molecule has 0 unspecified atom stereocenters. The number of rotatable bonds is 7. The van der Waals surface area contributed by atoms with E-state index in [1.165, 1.54) is 6.07 Å². The molecule has 0 heterocycles. The normalized spacial score (nSPS) is 10.4. The van der Waals surface area contributed by atoms with Crippen LogP contribution in [0.15, 0.2) is 42.5 Å². The van der Waals surface area contributed by atoms with Crippen LogP contribution in [0.5, 0.6) is 0 Å². The Labute approximate surface area is 155 Å². The first-order valence-corrected chi connectivity index (χ1v) is 8.38. The van der Waals surface area contributed by atoms with Crippen molar-refractivity contribution in [3.8, 4) is 0 Å². The van der Waals surface area contributed by atoms with Gasteiger partial charge in [-0.15, -0.1) is 0 Å². The lowest BCUT2D eigenvalue weighted by Crippen LogP contribution is -2.13. The molecular formula is C18H17Cl2NO4. The van der Waals surface area contributed by atoms with Gasteiger partial charge in [0.05, 0.1) is 22.2 Å². The minimum Gasteiger partial charge on any atom is -0.460 e. The molecule has 0 aromatic heterocycles. The molecule has 132 valence electrons. The number of nitrogens with one attached hydrogen (secondary N) is 1. The van der Waals surface area contributed by atoms with Gasteiger partial charge in [0.25, 0.3) is 5.91 Å². The van der Waals surface area contributed by atoms with Gasteiger partial charge in [-0.05, 0) is 43.3 Å². The fraction of sp³-hybridized carbons (Fsp3) is 0.222. The van der Waals surface area contributed by atoms with Crippen LogP contribution in [0.4, 0.5) is 5.69 Å². The fourth-order valence-corrected chi connectivity index (χ4v) is 2.28. The van der Waals surface area contributed by atoms with E-state index < -0.39 is 5.97 Å². The summed E-state index contributed by atoms with van der Waals surface area (Å²) in [6.07, 6.45) is 0. The molecule has 2 aromatic carbocycles. The Kier molecular flexibility index (Phi) is 7.25. The minimum atomic E-state index is -0.481. The van der Waals surface area contributed by atoms with Crippen molar-refractivity contribution < 1.29 is 19.1 Å². The molecule has 0 bridgehead atoms. The number of benzene rings is 2. The Morgan fingerprint density at radius 3 is 2.52 bits per heavy atom. The van der Waals surface area contributed by atoms with E-state index in [0.717, 1.165) is 0 Å². The van der Waals surface area contributed by atoms with Crippen LogP contribution in [0.1, 0.15) is 27.6 Å². The largest absolute Gasteiger partial charge is 0.460 e. The molecule has 0 aliphatic rings. The van der Waals surface area contributed by atoms with Crippen molar-refractivity contribution in [2.24, 2.45) is 0 Å². The van der Waals surface area contributed by atoms with Crippen molar-refractivity contribution in [2.45, 2.75) is 6.92 Å². The first-order chi connectivity index (χ1) is 12.0. The highest BCUT2D eigenvalue weighted by atomic mass is 35.5. The molecule has 0 aliphatic carbocycles. The van der Waals surface area contributed by atoms with Gasteiger partial charge in [0.1, 0.15) is 6.61 Å². The highest BCUT2D eigenvalue weighted by Crippen LogP contribution is 2.23. The number of esters is 1. The van der Waals surface area contributed by atoms with Gasteiger partial charge in [0, 0.05) is 17.9 Å². The summed E-state index contributed by atoms with van der Waals surface area (Å²) in [7, 11) is 0. The number of ether oxygens (including phenoxy) is 2. The predicted molar refractivity (Wildman–Crippen MR) is 97.6 cm³/mol. The second kappa shape index (κ2) is 9.42. The molecule has 1 N–H and O–H groups in total. The molecule has 0 atom stereocenters. The maximum Gasteiger partial charge on any atom is 0.338 e. The van der Waals surface area contributed by atoms with Crippen LogP contribution in [0.3, 0.4) is 0 Å². The van der Waals surface area contributed by atoms with E-state index in [2.05, 4.69) is 5.32 Å². The topological polar surface area (TPSA) is 64.6 Å². The van der Waals surface area contributed by atoms with Crippen molar-refractivity contribution in [3.63, 3.8) is 0 Å². The number of halogens is 2. The van der Waals surface area contributed by atoms with Gasteiger partial charge < -0.3 is 14.8 Å². The summed E-state index contributed by atoms with van der Waals surface area (Å²) in [5, 5.41) is 3.37. The van der Waals surface area contributed by atoms with E-state index in [9.17, 15) is 9.59 Å². The second-order valence-corrected chi connectivity index (χ2v) is 5.81. The van der Waals surface area contributed by atoms with Crippen LogP contribution in [0, 0.1) is 0 Å². The molecule has 0 spiro atoms. The van der Waals surface area contributed by atoms with Crippen molar-refractivity contribution >= 4 is 40.8 Å². The second-order valence-electron chi connectivity index (χ2n) is 5.00. The summed E-state index contributed by atoms with van der Waals surface area (Å²) in [5.74, 6) is -0.842. The highest BCUT2D eigenvalue weighted by Gasteiger charge is 2.11. The zero-order chi connectivity index (χ0) is 18.2. The average molecular weight is 382 g/mol. The highest BCUT2D eigenvalue weighted by molar-refractivity contribution is 6.42. The van der Waals surface area contributed by atoms with Crippen LogP contribution in [-0.2, 0) is 9.47 Å². The number of hydrogen-bond acceptors (Lipinski definition) is 4. The number of carbonyl (C=O) groups is 2. The van der Waals surface area contributed by atoms with E-state index in [0.29, 0.717) is 40.1 Å². The zero-order valence-corrected chi connectivity index (χ0v) is 15.1. The molecule has 25 heavy (non-hydrogen) atoms. The quantitative estimate of drug-likeness (QED) is 0.568. The molecule has 0 fully saturated rings. The Morgan fingerprint density at radius 2 is 1.80 bits per heavy atom. The Morgan fingerprint density at radius 1 is 1.00 bits per heavy atom. The zero-order valence-electron chi connectivity index (χ0n) is 13.6. The van der Waals surface area contributed by atoms with Crippen LogP contribution < -0.4 is 5.32 Å². The van der Waals surface area contributed by atoms with Crippen LogP contribution in [-0.4, -0.2) is 31.7 Å². The molecule has 7 heteroatoms. The number of hydrogen-bond donors (Lipinski definition) is 1. The van der Waals surface area contributed by atoms with Crippen molar-refractivity contribution in [1.82, 2.24) is 0 Å². The van der Waals surface area contributed by atoms with Crippen LogP contribution in [0.25, 0.3) is 0 Å². The summed E-state index contributed by atoms with van der Waals surface area (Å²) in [6.45, 7) is 2.94. The van der Waals surface area contributed by atoms with Crippen LogP contribution in [0.2, 0.25) is 10.0 Å². The Bertz CT molecular complexity index is 764. The lowest BCUT2D eigenvalue weighted by Gasteiger charge is -2.09. The van der Waals surface area contributed by atoms with Crippen molar-refractivity contribution in [2.75, 3.05) is 25.1 Å². The molecule has 2 aromatic rings. The molecular weight excluding hydrogens is 365 g/mol. The average Bonchev–Trinajstić information content (AvgIpc) is 2.61. The minimum absolute atomic E-state index is 0.173. The summed E-state index contributed by atoms with van der Waals surface area (Å²) in [5.41, 5.74) is 1.16. The first-order valence-electron chi connectivity index (χ1n) is 7.62. The predicted octanol–water partition coefficient (Wildman–Crippen LogP) is 4.44. The molecule has 0 saturated heterocycles. The maximum absolute atomic E-state index is 12.3. The van der Waals surface area contributed by atoms with E-state index in [1.54, 1.807) is 36.4 Å². The van der Waals surface area contributed by atoms with Crippen molar-refractivity contribution in [1.29, 1.82) is 0 Å². The van der Waals surface area contributed by atoms with E-state index in [4.69, 9.17) is 32.7 Å². The fourth-order valence-electron chi connectivity index (χ4n) is 1.99. The Hall–Kier alpha value is -2.08. The third-order valence-electron chi connectivity index (χ3n) is 3.20. The molecule has 0 radical (unpaired) electrons. The number of carbonyl (C=O) groups excluding carboxylic acids is 2. The van der Waals surface area contributed by atoms with Crippen LogP contribution >= 0.6 is 23.2 Å². The maximum atomic E-state index is 12.3. The van der Waals surface area contributed by atoms with Gasteiger partial charge in [-0.25, -0.2) is 4.79 Å². The van der Waals surface area contributed by atoms with Gasteiger partial charge in [-0.1, -0.05) is 29.3 Å². The first kappa shape index (κ1) is 19.2. The third kappa shape index (κ3) is 5.74. The SMILES string of the molecule is CCOCCOC(=O)c1cccc(NC(=O)c2ccc(Cl)c(Cl)c2)c1. The third-order valence-corrected chi connectivity index (χ3v) is 3.94. The number of amides is 1. The van der Waals surface area contributed by atoms with Gasteiger partial charge >= 0.3 is 5.97 Å². The summed E-state index contributed by atoms with van der Waals surface area (Å²) in [4.78, 5) is 24.2. The van der Waals surface area contributed by atoms with Crippen molar-refractivity contribution in [3.05, 3.63) is 63.6 Å². The molecule has 1 amide bonds. The standard InChI is InChI=1S/C18H17Cl2NO4/c1-2-24-8-9-25-18(23)13-4-3-5-14(10-13)21-17(22)12-6-7-15(19)16(20)11-12/h3-7,10-11H,2,8-9H2,1H3,(H,21,22). The van der Waals surface area contributed by atoms with E-state index in [1.807, 2.05) is 6.92 Å². The summed E-state index contributed by atoms with van der Waals surface area (Å²) >= 11 is 11.8. The molecule has 0 aliphatic heterocycles. The molecule has 0 saturated carbocycles. The van der Waals surface area contributed by atoms with Gasteiger partial charge in [-0.2, -0.15) is 0 Å². The van der Waals surface area contributed by atoms with E-state index in [-0.39, 0.29) is 12.5 Å². The smallest absolute Gasteiger partial charge is 0.338 e. The van der Waals surface area contributed by atoms with Gasteiger partial charge in [0.15, 0.2) is 0 Å². The molecule has 2 rings (SSSR count). The summed E-state index contributed by atoms with van der Waals surface area (Å²) in [6, 6.07) is 11.1. The Balaban J connectivity index is 2.01. The molecule has 5 nitrogen and oxygen atoms in total. The van der Waals surface area contributed by atoms with Gasteiger partial charge in [-0.3, -0.25) is 4.79 Å². The monoisotopic (exact) mass is 381 g/mol. The summed E-state index contributed by atoms with van der Waals surface area (Å²) < 4.78 is 10.2. The lowest BCUT2D eigenvalue weighted by atomic mass is 10.1. The van der Waals surface area contributed by atoms with E-state index >= 15 is 0 Å².